The maximum absolute atomic E-state index is 12.4. The summed E-state index contributed by atoms with van der Waals surface area (Å²) in [6, 6.07) is 9.11. The third-order valence-electron chi connectivity index (χ3n) is 4.33. The summed E-state index contributed by atoms with van der Waals surface area (Å²) in [5.41, 5.74) is 3.27. The SMILES string of the molecule is Cc1cccc(C)c1NC(=O)c1ccc(NC2CCS(=O)(=O)C2)nc1. The predicted molar refractivity (Wildman–Crippen MR) is 98.8 cm³/mol. The first-order chi connectivity index (χ1) is 11.8. The van der Waals surface area contributed by atoms with Crippen molar-refractivity contribution in [1.29, 1.82) is 0 Å². The summed E-state index contributed by atoms with van der Waals surface area (Å²) in [6.07, 6.45) is 2.08. The van der Waals surface area contributed by atoms with E-state index in [9.17, 15) is 13.2 Å². The summed E-state index contributed by atoms with van der Waals surface area (Å²) >= 11 is 0. The summed E-state index contributed by atoms with van der Waals surface area (Å²) in [4.78, 5) is 16.6. The predicted octanol–water partition coefficient (Wildman–Crippen LogP) is 2.55. The summed E-state index contributed by atoms with van der Waals surface area (Å²) in [5, 5.41) is 6.03. The Hall–Kier alpha value is -2.41. The van der Waals surface area contributed by atoms with Gasteiger partial charge < -0.3 is 10.6 Å². The second-order valence-corrected chi connectivity index (χ2v) is 8.63. The largest absolute Gasteiger partial charge is 0.366 e. The number of carbonyl (C=O) groups is 1. The van der Waals surface area contributed by atoms with E-state index in [0.717, 1.165) is 16.8 Å². The molecule has 1 saturated heterocycles. The van der Waals surface area contributed by atoms with Crippen LogP contribution in [0.25, 0.3) is 0 Å². The number of pyridine rings is 1. The van der Waals surface area contributed by atoms with Crippen LogP contribution in [0.1, 0.15) is 27.9 Å². The van der Waals surface area contributed by atoms with Crippen LogP contribution in [-0.2, 0) is 9.84 Å². The van der Waals surface area contributed by atoms with Crippen molar-refractivity contribution in [2.45, 2.75) is 26.3 Å². The minimum atomic E-state index is -2.93. The molecule has 0 spiro atoms. The van der Waals surface area contributed by atoms with Crippen molar-refractivity contribution in [1.82, 2.24) is 4.98 Å². The number of hydrogen-bond donors (Lipinski definition) is 2. The molecule has 1 aromatic carbocycles. The van der Waals surface area contributed by atoms with Gasteiger partial charge in [0, 0.05) is 17.9 Å². The van der Waals surface area contributed by atoms with E-state index >= 15 is 0 Å². The summed E-state index contributed by atoms with van der Waals surface area (Å²) in [7, 11) is -2.93. The molecule has 2 N–H and O–H groups in total. The van der Waals surface area contributed by atoms with Crippen molar-refractivity contribution in [3.05, 3.63) is 53.2 Å². The number of sulfone groups is 1. The van der Waals surface area contributed by atoms with Crippen LogP contribution in [0, 0.1) is 13.8 Å². The number of para-hydroxylation sites is 1. The lowest BCUT2D eigenvalue weighted by Crippen LogP contribution is -2.21. The number of carbonyl (C=O) groups excluding carboxylic acids is 1. The molecule has 1 unspecified atom stereocenters. The molecule has 0 radical (unpaired) electrons. The van der Waals surface area contributed by atoms with Gasteiger partial charge in [-0.2, -0.15) is 0 Å². The molecule has 132 valence electrons. The van der Waals surface area contributed by atoms with E-state index in [1.54, 1.807) is 12.1 Å². The second kappa shape index (κ2) is 6.84. The van der Waals surface area contributed by atoms with Crippen molar-refractivity contribution < 1.29 is 13.2 Å². The van der Waals surface area contributed by atoms with Crippen LogP contribution in [-0.4, -0.2) is 36.9 Å². The lowest BCUT2D eigenvalue weighted by atomic mass is 10.1. The number of anilines is 2. The molecule has 3 rings (SSSR count). The standard InChI is InChI=1S/C18H21N3O3S/c1-12-4-3-5-13(2)17(12)21-18(22)14-6-7-16(19-10-14)20-15-8-9-25(23,24)11-15/h3-7,10,15H,8-9,11H2,1-2H3,(H,19,20)(H,21,22). The highest BCUT2D eigenvalue weighted by Crippen LogP contribution is 2.21. The Morgan fingerprint density at radius 1 is 1.16 bits per heavy atom. The zero-order valence-electron chi connectivity index (χ0n) is 14.2. The first kappa shape index (κ1) is 17.4. The van der Waals surface area contributed by atoms with Crippen LogP contribution in [0.4, 0.5) is 11.5 Å². The molecule has 25 heavy (non-hydrogen) atoms. The number of hydrogen-bond acceptors (Lipinski definition) is 5. The highest BCUT2D eigenvalue weighted by Gasteiger charge is 2.27. The highest BCUT2D eigenvalue weighted by atomic mass is 32.2. The molecular formula is C18H21N3O3S. The molecule has 2 aromatic rings. The van der Waals surface area contributed by atoms with E-state index < -0.39 is 9.84 Å². The Bertz CT molecular complexity index is 872. The zero-order valence-corrected chi connectivity index (χ0v) is 15.1. The van der Waals surface area contributed by atoms with Crippen LogP contribution >= 0.6 is 0 Å². The number of rotatable bonds is 4. The molecule has 6 nitrogen and oxygen atoms in total. The van der Waals surface area contributed by atoms with Crippen LogP contribution in [0.3, 0.4) is 0 Å². The number of nitrogens with zero attached hydrogens (tertiary/aromatic N) is 1. The smallest absolute Gasteiger partial charge is 0.257 e. The summed E-state index contributed by atoms with van der Waals surface area (Å²) < 4.78 is 23.0. The number of benzene rings is 1. The molecule has 0 aliphatic carbocycles. The van der Waals surface area contributed by atoms with Crippen molar-refractivity contribution in [2.24, 2.45) is 0 Å². The van der Waals surface area contributed by atoms with E-state index in [1.807, 2.05) is 32.0 Å². The molecule has 1 aliphatic rings. The van der Waals surface area contributed by atoms with Gasteiger partial charge in [0.25, 0.3) is 5.91 Å². The van der Waals surface area contributed by atoms with Gasteiger partial charge in [0.2, 0.25) is 0 Å². The number of aromatic nitrogens is 1. The van der Waals surface area contributed by atoms with Crippen LogP contribution < -0.4 is 10.6 Å². The third-order valence-corrected chi connectivity index (χ3v) is 6.10. The fourth-order valence-electron chi connectivity index (χ4n) is 2.93. The van der Waals surface area contributed by atoms with Gasteiger partial charge in [0.05, 0.1) is 17.1 Å². The molecule has 0 bridgehead atoms. The summed E-state index contributed by atoms with van der Waals surface area (Å²) in [5.74, 6) is 0.690. The van der Waals surface area contributed by atoms with E-state index in [0.29, 0.717) is 17.8 Å². The van der Waals surface area contributed by atoms with Gasteiger partial charge in [-0.25, -0.2) is 13.4 Å². The lowest BCUT2D eigenvalue weighted by Gasteiger charge is -2.13. The number of amides is 1. The average molecular weight is 359 g/mol. The zero-order chi connectivity index (χ0) is 18.0. The lowest BCUT2D eigenvalue weighted by molar-refractivity contribution is 0.102. The van der Waals surface area contributed by atoms with Crippen molar-refractivity contribution >= 4 is 27.2 Å². The molecule has 1 aliphatic heterocycles. The van der Waals surface area contributed by atoms with E-state index in [-0.39, 0.29) is 23.5 Å². The first-order valence-corrected chi connectivity index (χ1v) is 9.97. The fourth-order valence-corrected chi connectivity index (χ4v) is 4.60. The quantitative estimate of drug-likeness (QED) is 0.876. The fraction of sp³-hybridized carbons (Fsp3) is 0.333. The number of aryl methyl sites for hydroxylation is 2. The van der Waals surface area contributed by atoms with Crippen LogP contribution in [0.5, 0.6) is 0 Å². The van der Waals surface area contributed by atoms with Crippen LogP contribution in [0.15, 0.2) is 36.5 Å². The normalized spacial score (nSPS) is 18.7. The second-order valence-electron chi connectivity index (χ2n) is 6.40. The molecule has 0 saturated carbocycles. The van der Waals surface area contributed by atoms with Gasteiger partial charge in [0.15, 0.2) is 9.84 Å². The molecule has 7 heteroatoms. The Labute approximate surface area is 147 Å². The van der Waals surface area contributed by atoms with Crippen molar-refractivity contribution in [3.8, 4) is 0 Å². The first-order valence-electron chi connectivity index (χ1n) is 8.15. The molecular weight excluding hydrogens is 338 g/mol. The molecule has 1 aromatic heterocycles. The Morgan fingerprint density at radius 3 is 2.44 bits per heavy atom. The maximum atomic E-state index is 12.4. The highest BCUT2D eigenvalue weighted by molar-refractivity contribution is 7.91. The molecule has 2 heterocycles. The van der Waals surface area contributed by atoms with Gasteiger partial charge in [0.1, 0.15) is 5.82 Å². The van der Waals surface area contributed by atoms with Gasteiger partial charge >= 0.3 is 0 Å². The van der Waals surface area contributed by atoms with E-state index in [1.165, 1.54) is 6.20 Å². The van der Waals surface area contributed by atoms with Gasteiger partial charge in [-0.3, -0.25) is 4.79 Å². The Morgan fingerprint density at radius 2 is 1.88 bits per heavy atom. The van der Waals surface area contributed by atoms with Crippen molar-refractivity contribution in [3.63, 3.8) is 0 Å². The summed E-state index contributed by atoms with van der Waals surface area (Å²) in [6.45, 7) is 3.90. The minimum Gasteiger partial charge on any atom is -0.366 e. The number of nitrogens with one attached hydrogen (secondary N) is 2. The Balaban J connectivity index is 1.67. The average Bonchev–Trinajstić information content (AvgIpc) is 2.90. The van der Waals surface area contributed by atoms with Crippen molar-refractivity contribution in [2.75, 3.05) is 22.1 Å². The Kier molecular flexibility index (Phi) is 4.76. The topological polar surface area (TPSA) is 88.2 Å². The molecule has 1 amide bonds. The van der Waals surface area contributed by atoms with E-state index in [4.69, 9.17) is 0 Å². The van der Waals surface area contributed by atoms with Crippen LogP contribution in [0.2, 0.25) is 0 Å². The van der Waals surface area contributed by atoms with Gasteiger partial charge in [-0.1, -0.05) is 18.2 Å². The molecule has 1 fully saturated rings. The third kappa shape index (κ3) is 4.17. The van der Waals surface area contributed by atoms with E-state index in [2.05, 4.69) is 15.6 Å². The maximum Gasteiger partial charge on any atom is 0.257 e. The molecule has 1 atom stereocenters. The minimum absolute atomic E-state index is 0.119. The van der Waals surface area contributed by atoms with Gasteiger partial charge in [-0.05, 0) is 43.5 Å². The van der Waals surface area contributed by atoms with Gasteiger partial charge in [-0.15, -0.1) is 0 Å². The monoisotopic (exact) mass is 359 g/mol.